The van der Waals surface area contributed by atoms with Crippen molar-refractivity contribution in [1.29, 1.82) is 0 Å². The van der Waals surface area contributed by atoms with Gasteiger partial charge in [0.1, 0.15) is 11.4 Å². The van der Waals surface area contributed by atoms with Crippen LogP contribution in [0.25, 0.3) is 0 Å². The maximum atomic E-state index is 13.7. The Morgan fingerprint density at radius 2 is 1.95 bits per heavy atom. The van der Waals surface area contributed by atoms with Gasteiger partial charge in [-0.1, -0.05) is 15.9 Å². The van der Waals surface area contributed by atoms with Gasteiger partial charge >= 0.3 is 0 Å². The van der Waals surface area contributed by atoms with Gasteiger partial charge in [0.05, 0.1) is 5.69 Å². The second-order valence-electron chi connectivity index (χ2n) is 4.14. The fourth-order valence-electron chi connectivity index (χ4n) is 1.82. The summed E-state index contributed by atoms with van der Waals surface area (Å²) in [6.45, 7) is 2.35. The maximum Gasteiger partial charge on any atom is 0.272 e. The quantitative estimate of drug-likeness (QED) is 0.897. The summed E-state index contributed by atoms with van der Waals surface area (Å²) in [5.41, 5.74) is 5.78. The summed E-state index contributed by atoms with van der Waals surface area (Å²) in [5.74, 6) is -2.33. The highest BCUT2D eigenvalue weighted by atomic mass is 79.9. The molecule has 0 saturated carbocycles. The van der Waals surface area contributed by atoms with E-state index in [0.29, 0.717) is 12.2 Å². The van der Waals surface area contributed by atoms with Crippen molar-refractivity contribution < 1.29 is 13.6 Å². The third kappa shape index (κ3) is 2.82. The van der Waals surface area contributed by atoms with E-state index >= 15 is 0 Å². The fraction of sp³-hybridized carbons (Fsp3) is 0.154. The molecule has 1 heterocycles. The predicted octanol–water partition coefficient (Wildman–Crippen LogP) is 3.38. The van der Waals surface area contributed by atoms with Gasteiger partial charge in [0.25, 0.3) is 5.91 Å². The van der Waals surface area contributed by atoms with Crippen molar-refractivity contribution in [3.63, 3.8) is 0 Å². The Morgan fingerprint density at radius 3 is 2.50 bits per heavy atom. The van der Waals surface area contributed by atoms with Crippen molar-refractivity contribution in [2.75, 3.05) is 11.1 Å². The molecule has 0 aliphatic carbocycles. The van der Waals surface area contributed by atoms with E-state index in [1.165, 1.54) is 6.07 Å². The van der Waals surface area contributed by atoms with Gasteiger partial charge < -0.3 is 15.6 Å². The third-order valence-corrected chi connectivity index (χ3v) is 3.19. The zero-order valence-electron chi connectivity index (χ0n) is 10.6. The SMILES string of the molecule is CCn1cc(N)cc1C(=O)Nc1c(F)cc(Br)cc1F. The van der Waals surface area contributed by atoms with Crippen LogP contribution in [0.2, 0.25) is 0 Å². The molecular weight excluding hydrogens is 332 g/mol. The molecule has 7 heteroatoms. The lowest BCUT2D eigenvalue weighted by atomic mass is 10.2. The second-order valence-corrected chi connectivity index (χ2v) is 5.06. The number of anilines is 2. The van der Waals surface area contributed by atoms with E-state index in [9.17, 15) is 13.6 Å². The summed E-state index contributed by atoms with van der Waals surface area (Å²) in [6.07, 6.45) is 1.59. The van der Waals surface area contributed by atoms with Crippen LogP contribution in [0, 0.1) is 11.6 Å². The summed E-state index contributed by atoms with van der Waals surface area (Å²) >= 11 is 2.97. The highest BCUT2D eigenvalue weighted by molar-refractivity contribution is 9.10. The molecule has 0 unspecified atom stereocenters. The summed E-state index contributed by atoms with van der Waals surface area (Å²) in [6, 6.07) is 3.60. The average molecular weight is 344 g/mol. The number of aromatic nitrogens is 1. The molecule has 20 heavy (non-hydrogen) atoms. The van der Waals surface area contributed by atoms with Gasteiger partial charge in [-0.15, -0.1) is 0 Å². The van der Waals surface area contributed by atoms with Crippen LogP contribution < -0.4 is 11.1 Å². The number of aryl methyl sites for hydroxylation is 1. The van der Waals surface area contributed by atoms with Crippen LogP contribution in [-0.4, -0.2) is 10.5 Å². The molecule has 0 fully saturated rings. The number of benzene rings is 1. The van der Waals surface area contributed by atoms with Crippen molar-refractivity contribution in [3.8, 4) is 0 Å². The third-order valence-electron chi connectivity index (χ3n) is 2.74. The first-order valence-corrected chi connectivity index (χ1v) is 6.63. The first-order chi connectivity index (χ1) is 9.42. The van der Waals surface area contributed by atoms with E-state index in [1.54, 1.807) is 10.8 Å². The number of hydrogen-bond acceptors (Lipinski definition) is 2. The number of nitrogens with zero attached hydrogens (tertiary/aromatic N) is 1. The molecule has 0 aliphatic heterocycles. The topological polar surface area (TPSA) is 60.0 Å². The number of nitrogens with two attached hydrogens (primary N) is 1. The van der Waals surface area contributed by atoms with Gasteiger partial charge in [-0.25, -0.2) is 8.78 Å². The average Bonchev–Trinajstić information content (AvgIpc) is 2.75. The lowest BCUT2D eigenvalue weighted by Gasteiger charge is -2.09. The molecule has 0 atom stereocenters. The first-order valence-electron chi connectivity index (χ1n) is 5.84. The van der Waals surface area contributed by atoms with Crippen LogP contribution in [0.3, 0.4) is 0 Å². The van der Waals surface area contributed by atoms with Gasteiger partial charge in [-0.05, 0) is 25.1 Å². The molecule has 3 N–H and O–H groups in total. The number of carbonyl (C=O) groups is 1. The molecule has 0 bridgehead atoms. The Labute approximate surface area is 122 Å². The molecule has 1 aromatic heterocycles. The zero-order chi connectivity index (χ0) is 14.9. The smallest absolute Gasteiger partial charge is 0.272 e. The van der Waals surface area contributed by atoms with E-state index < -0.39 is 23.2 Å². The lowest BCUT2D eigenvalue weighted by Crippen LogP contribution is -2.18. The summed E-state index contributed by atoms with van der Waals surface area (Å²) < 4.78 is 29.2. The molecule has 1 aromatic carbocycles. The Hall–Kier alpha value is -1.89. The molecule has 0 saturated heterocycles. The Bertz CT molecular complexity index is 647. The molecule has 4 nitrogen and oxygen atoms in total. The number of amides is 1. The highest BCUT2D eigenvalue weighted by Crippen LogP contribution is 2.24. The van der Waals surface area contributed by atoms with Gasteiger partial charge in [0, 0.05) is 17.2 Å². The highest BCUT2D eigenvalue weighted by Gasteiger charge is 2.17. The molecule has 0 aliphatic rings. The lowest BCUT2D eigenvalue weighted by molar-refractivity contribution is 0.101. The molecular formula is C13H12BrF2N3O. The normalized spacial score (nSPS) is 10.6. The van der Waals surface area contributed by atoms with Crippen LogP contribution in [0.1, 0.15) is 17.4 Å². The van der Waals surface area contributed by atoms with E-state index in [0.717, 1.165) is 12.1 Å². The summed E-state index contributed by atoms with van der Waals surface area (Å²) in [5, 5.41) is 2.22. The molecule has 106 valence electrons. The van der Waals surface area contributed by atoms with Crippen LogP contribution in [0.5, 0.6) is 0 Å². The van der Waals surface area contributed by atoms with Crippen LogP contribution in [-0.2, 0) is 6.54 Å². The second kappa shape index (κ2) is 5.62. The largest absolute Gasteiger partial charge is 0.397 e. The minimum absolute atomic E-state index is 0.242. The maximum absolute atomic E-state index is 13.7. The van der Waals surface area contributed by atoms with Crippen molar-refractivity contribution >= 4 is 33.2 Å². The van der Waals surface area contributed by atoms with Gasteiger partial charge in [-0.2, -0.15) is 0 Å². The number of hydrogen-bond donors (Lipinski definition) is 2. The predicted molar refractivity (Wildman–Crippen MR) is 76.5 cm³/mol. The van der Waals surface area contributed by atoms with Crippen molar-refractivity contribution in [1.82, 2.24) is 4.57 Å². The van der Waals surface area contributed by atoms with Crippen LogP contribution in [0.4, 0.5) is 20.2 Å². The van der Waals surface area contributed by atoms with Crippen LogP contribution in [0.15, 0.2) is 28.9 Å². The minimum Gasteiger partial charge on any atom is -0.397 e. The Kier molecular flexibility index (Phi) is 4.08. The summed E-state index contributed by atoms with van der Waals surface area (Å²) in [4.78, 5) is 12.1. The van der Waals surface area contributed by atoms with Crippen molar-refractivity contribution in [2.45, 2.75) is 13.5 Å². The number of nitrogens with one attached hydrogen (secondary N) is 1. The standard InChI is InChI=1S/C13H12BrF2N3O/c1-2-19-6-8(17)5-11(19)13(20)18-12-9(15)3-7(14)4-10(12)16/h3-6H,2,17H2,1H3,(H,18,20). The fourth-order valence-corrected chi connectivity index (χ4v) is 2.23. The molecule has 0 radical (unpaired) electrons. The zero-order valence-corrected chi connectivity index (χ0v) is 12.2. The molecule has 2 aromatic rings. The number of halogens is 3. The van der Waals surface area contributed by atoms with E-state index in [-0.39, 0.29) is 10.2 Å². The van der Waals surface area contributed by atoms with Gasteiger partial charge in [0.15, 0.2) is 11.6 Å². The van der Waals surface area contributed by atoms with Gasteiger partial charge in [0.2, 0.25) is 0 Å². The molecule has 1 amide bonds. The van der Waals surface area contributed by atoms with Gasteiger partial charge in [-0.3, -0.25) is 4.79 Å². The van der Waals surface area contributed by atoms with Crippen molar-refractivity contribution in [2.24, 2.45) is 0 Å². The Morgan fingerprint density at radius 1 is 1.35 bits per heavy atom. The summed E-state index contributed by atoms with van der Waals surface area (Å²) in [7, 11) is 0. The molecule has 0 spiro atoms. The monoisotopic (exact) mass is 343 g/mol. The van der Waals surface area contributed by atoms with Crippen molar-refractivity contribution in [3.05, 3.63) is 46.2 Å². The number of nitrogen functional groups attached to an aromatic ring is 1. The first kappa shape index (κ1) is 14.5. The van der Waals surface area contributed by atoms with E-state index in [2.05, 4.69) is 21.2 Å². The van der Waals surface area contributed by atoms with E-state index in [4.69, 9.17) is 5.73 Å². The molecule has 2 rings (SSSR count). The van der Waals surface area contributed by atoms with Crippen LogP contribution >= 0.6 is 15.9 Å². The minimum atomic E-state index is -0.854. The van der Waals surface area contributed by atoms with E-state index in [1.807, 2.05) is 6.92 Å². The number of rotatable bonds is 3. The number of carbonyl (C=O) groups excluding carboxylic acids is 1. The Balaban J connectivity index is 2.32.